The second-order valence-corrected chi connectivity index (χ2v) is 5.88. The van der Waals surface area contributed by atoms with Crippen molar-refractivity contribution in [2.24, 2.45) is 5.73 Å². The molecular weight excluding hydrogens is 284 g/mol. The van der Waals surface area contributed by atoms with E-state index in [0.29, 0.717) is 0 Å². The zero-order valence-electron chi connectivity index (χ0n) is 8.91. The third kappa shape index (κ3) is 2.51. The SMILES string of the molecule is CC1=CC=CNC1(N)Sc1ccc(Br)cc1. The molecule has 1 aliphatic rings. The second-order valence-electron chi connectivity index (χ2n) is 3.64. The predicted octanol–water partition coefficient (Wildman–Crippen LogP) is 3.22. The number of benzene rings is 1. The van der Waals surface area contributed by atoms with Gasteiger partial charge in [0, 0.05) is 9.37 Å². The lowest BCUT2D eigenvalue weighted by atomic mass is 10.2. The highest BCUT2D eigenvalue weighted by Gasteiger charge is 2.28. The molecule has 1 atom stereocenters. The van der Waals surface area contributed by atoms with Gasteiger partial charge in [0.05, 0.1) is 0 Å². The van der Waals surface area contributed by atoms with Crippen LogP contribution >= 0.6 is 27.7 Å². The molecule has 0 saturated carbocycles. The van der Waals surface area contributed by atoms with Crippen LogP contribution in [-0.4, -0.2) is 4.99 Å². The standard InChI is InChI=1S/C12H13BrN2S/c1-9-3-2-8-15-12(9,14)16-11-6-4-10(13)5-7-11/h2-8,15H,14H2,1H3. The summed E-state index contributed by atoms with van der Waals surface area (Å²) in [5.41, 5.74) is 7.41. The summed E-state index contributed by atoms with van der Waals surface area (Å²) >= 11 is 5.03. The molecule has 3 N–H and O–H groups in total. The Balaban J connectivity index is 2.18. The topological polar surface area (TPSA) is 38.0 Å². The van der Waals surface area contributed by atoms with Gasteiger partial charge in [-0.05, 0) is 49.0 Å². The average Bonchev–Trinajstić information content (AvgIpc) is 2.26. The van der Waals surface area contributed by atoms with Crippen LogP contribution in [0.4, 0.5) is 0 Å². The fraction of sp³-hybridized carbons (Fsp3) is 0.167. The van der Waals surface area contributed by atoms with E-state index in [1.807, 2.05) is 37.4 Å². The third-order valence-corrected chi connectivity index (χ3v) is 4.22. The Morgan fingerprint density at radius 1 is 1.31 bits per heavy atom. The van der Waals surface area contributed by atoms with Crippen LogP contribution in [0.15, 0.2) is 57.6 Å². The van der Waals surface area contributed by atoms with Crippen molar-refractivity contribution in [1.82, 2.24) is 5.32 Å². The quantitative estimate of drug-likeness (QED) is 0.823. The molecule has 0 amide bonds. The van der Waals surface area contributed by atoms with Crippen molar-refractivity contribution in [2.75, 3.05) is 0 Å². The van der Waals surface area contributed by atoms with E-state index >= 15 is 0 Å². The van der Waals surface area contributed by atoms with Crippen LogP contribution in [0.2, 0.25) is 0 Å². The Hall–Kier alpha value is -0.710. The summed E-state index contributed by atoms with van der Waals surface area (Å²) in [4.78, 5) is 0.601. The Morgan fingerprint density at radius 3 is 2.62 bits per heavy atom. The van der Waals surface area contributed by atoms with Gasteiger partial charge in [-0.1, -0.05) is 33.8 Å². The highest BCUT2D eigenvalue weighted by atomic mass is 79.9. The lowest BCUT2D eigenvalue weighted by Gasteiger charge is -2.32. The van der Waals surface area contributed by atoms with Gasteiger partial charge in [-0.2, -0.15) is 0 Å². The summed E-state index contributed by atoms with van der Waals surface area (Å²) < 4.78 is 1.08. The number of halogens is 1. The first-order valence-electron chi connectivity index (χ1n) is 4.95. The number of allylic oxidation sites excluding steroid dienone is 2. The number of rotatable bonds is 2. The predicted molar refractivity (Wildman–Crippen MR) is 73.0 cm³/mol. The van der Waals surface area contributed by atoms with Gasteiger partial charge in [0.2, 0.25) is 0 Å². The summed E-state index contributed by atoms with van der Waals surface area (Å²) in [6, 6.07) is 8.14. The van der Waals surface area contributed by atoms with Crippen molar-refractivity contribution in [3.63, 3.8) is 0 Å². The van der Waals surface area contributed by atoms with Crippen molar-refractivity contribution in [1.29, 1.82) is 0 Å². The van der Waals surface area contributed by atoms with Gasteiger partial charge < -0.3 is 5.32 Å². The van der Waals surface area contributed by atoms with Gasteiger partial charge in [-0.15, -0.1) is 0 Å². The Bertz CT molecular complexity index is 439. The lowest BCUT2D eigenvalue weighted by Crippen LogP contribution is -2.49. The monoisotopic (exact) mass is 296 g/mol. The van der Waals surface area contributed by atoms with Gasteiger partial charge in [0.1, 0.15) is 0 Å². The van der Waals surface area contributed by atoms with E-state index in [1.54, 1.807) is 11.8 Å². The van der Waals surface area contributed by atoms with Crippen molar-refractivity contribution >= 4 is 27.7 Å². The normalized spacial score (nSPS) is 23.8. The fourth-order valence-corrected chi connectivity index (χ4v) is 2.66. The summed E-state index contributed by atoms with van der Waals surface area (Å²) in [7, 11) is 0. The molecule has 0 aromatic heterocycles. The highest BCUT2D eigenvalue weighted by Crippen LogP contribution is 2.34. The summed E-state index contributed by atoms with van der Waals surface area (Å²) in [5, 5.41) is 3.19. The highest BCUT2D eigenvalue weighted by molar-refractivity contribution is 9.10. The Kier molecular flexibility index (Phi) is 3.42. The zero-order valence-corrected chi connectivity index (χ0v) is 11.3. The van der Waals surface area contributed by atoms with Crippen molar-refractivity contribution in [2.45, 2.75) is 16.8 Å². The van der Waals surface area contributed by atoms with Crippen LogP contribution in [0.1, 0.15) is 6.92 Å². The van der Waals surface area contributed by atoms with Crippen LogP contribution < -0.4 is 11.1 Å². The molecule has 0 aliphatic carbocycles. The maximum atomic E-state index is 6.29. The smallest absolute Gasteiger partial charge is 0.161 e. The fourth-order valence-electron chi connectivity index (χ4n) is 1.40. The zero-order chi connectivity index (χ0) is 11.6. The first-order chi connectivity index (χ1) is 7.60. The minimum atomic E-state index is -0.539. The second kappa shape index (κ2) is 4.65. The van der Waals surface area contributed by atoms with Gasteiger partial charge in [0.15, 0.2) is 4.99 Å². The van der Waals surface area contributed by atoms with E-state index in [1.165, 1.54) is 0 Å². The lowest BCUT2D eigenvalue weighted by molar-refractivity contribution is 0.627. The van der Waals surface area contributed by atoms with Crippen LogP contribution in [0.25, 0.3) is 0 Å². The number of dihydropyridines is 1. The molecule has 0 fully saturated rings. The molecule has 2 rings (SSSR count). The van der Waals surface area contributed by atoms with Gasteiger partial charge in [-0.25, -0.2) is 0 Å². The number of hydrogen-bond acceptors (Lipinski definition) is 3. The maximum Gasteiger partial charge on any atom is 0.161 e. The molecule has 2 nitrogen and oxygen atoms in total. The van der Waals surface area contributed by atoms with Gasteiger partial charge in [0.25, 0.3) is 0 Å². The molecule has 0 bridgehead atoms. The molecule has 0 saturated heterocycles. The Morgan fingerprint density at radius 2 is 2.00 bits per heavy atom. The molecule has 1 unspecified atom stereocenters. The average molecular weight is 297 g/mol. The van der Waals surface area contributed by atoms with Gasteiger partial charge in [-0.3, -0.25) is 5.73 Å². The van der Waals surface area contributed by atoms with Crippen molar-refractivity contribution in [3.05, 3.63) is 52.7 Å². The summed E-state index contributed by atoms with van der Waals surface area (Å²) in [6.45, 7) is 2.03. The van der Waals surface area contributed by atoms with Crippen LogP contribution in [0.5, 0.6) is 0 Å². The van der Waals surface area contributed by atoms with Gasteiger partial charge >= 0.3 is 0 Å². The molecule has 0 spiro atoms. The molecule has 1 heterocycles. The van der Waals surface area contributed by atoms with Crippen LogP contribution in [0, 0.1) is 0 Å². The van der Waals surface area contributed by atoms with Crippen LogP contribution in [-0.2, 0) is 0 Å². The first kappa shape index (κ1) is 11.8. The van der Waals surface area contributed by atoms with E-state index in [-0.39, 0.29) is 0 Å². The molecular formula is C12H13BrN2S. The molecule has 0 radical (unpaired) electrons. The molecule has 1 aromatic carbocycles. The minimum absolute atomic E-state index is 0.539. The molecule has 1 aliphatic heterocycles. The van der Waals surface area contributed by atoms with E-state index in [9.17, 15) is 0 Å². The Labute approximate surface area is 108 Å². The maximum absolute atomic E-state index is 6.29. The van der Waals surface area contributed by atoms with Crippen molar-refractivity contribution in [3.8, 4) is 0 Å². The number of nitrogens with two attached hydrogens (primary N) is 1. The third-order valence-electron chi connectivity index (χ3n) is 2.42. The minimum Gasteiger partial charge on any atom is -0.361 e. The number of hydrogen-bond donors (Lipinski definition) is 2. The summed E-state index contributed by atoms with van der Waals surface area (Å²) in [6.07, 6.45) is 5.86. The van der Waals surface area contributed by atoms with E-state index in [0.717, 1.165) is 14.9 Å². The van der Waals surface area contributed by atoms with E-state index in [2.05, 4.69) is 33.4 Å². The first-order valence-corrected chi connectivity index (χ1v) is 6.56. The molecule has 1 aromatic rings. The molecule has 84 valence electrons. The van der Waals surface area contributed by atoms with E-state index < -0.39 is 4.99 Å². The molecule has 4 heteroatoms. The largest absolute Gasteiger partial charge is 0.361 e. The van der Waals surface area contributed by atoms with Crippen molar-refractivity contribution < 1.29 is 0 Å². The molecule has 16 heavy (non-hydrogen) atoms. The summed E-state index contributed by atoms with van der Waals surface area (Å²) in [5.74, 6) is 0. The number of thioether (sulfide) groups is 1. The number of nitrogens with one attached hydrogen (secondary N) is 1. The van der Waals surface area contributed by atoms with E-state index in [4.69, 9.17) is 5.73 Å². The van der Waals surface area contributed by atoms with Crippen LogP contribution in [0.3, 0.4) is 0 Å².